The molecule has 0 unspecified atom stereocenters. The van der Waals surface area contributed by atoms with Gasteiger partial charge in [-0.1, -0.05) is 0 Å². The monoisotopic (exact) mass is 254 g/mol. The first-order valence-corrected chi connectivity index (χ1v) is 6.98. The molecule has 0 aromatic carbocycles. The topological polar surface area (TPSA) is 49.4 Å². The molecular weight excluding hydrogens is 236 g/mol. The smallest absolute Gasteiger partial charge is 0.214 e. The van der Waals surface area contributed by atoms with Crippen molar-refractivity contribution in [2.75, 3.05) is 31.9 Å². The first-order chi connectivity index (χ1) is 6.68. The number of hydrogen-bond acceptors (Lipinski definition) is 3. The van der Waals surface area contributed by atoms with E-state index >= 15 is 0 Å². The first kappa shape index (κ1) is 13.2. The highest BCUT2D eigenvalue weighted by molar-refractivity contribution is 7.89. The Morgan fingerprint density at radius 1 is 1.20 bits per heavy atom. The summed E-state index contributed by atoms with van der Waals surface area (Å²) in [5.41, 5.74) is 0. The van der Waals surface area contributed by atoms with Crippen LogP contribution >= 0.6 is 12.4 Å². The zero-order valence-electron chi connectivity index (χ0n) is 8.81. The third kappa shape index (κ3) is 3.90. The summed E-state index contributed by atoms with van der Waals surface area (Å²) in [5, 5.41) is 3.21. The van der Waals surface area contributed by atoms with E-state index < -0.39 is 10.0 Å². The largest absolute Gasteiger partial charge is 0.315 e. The van der Waals surface area contributed by atoms with Crippen molar-refractivity contribution in [2.24, 2.45) is 5.92 Å². The fraction of sp³-hybridized carbons (Fsp3) is 1.00. The molecule has 1 heterocycles. The molecule has 2 rings (SSSR count). The number of nitrogens with zero attached hydrogens (tertiary/aromatic N) is 1. The van der Waals surface area contributed by atoms with Crippen molar-refractivity contribution >= 4 is 22.4 Å². The maximum atomic E-state index is 11.9. The van der Waals surface area contributed by atoms with Gasteiger partial charge in [-0.25, -0.2) is 12.7 Å². The van der Waals surface area contributed by atoms with Crippen molar-refractivity contribution in [3.05, 3.63) is 0 Å². The number of rotatable bonds is 3. The fourth-order valence-corrected chi connectivity index (χ4v) is 3.70. The Labute approximate surface area is 97.9 Å². The summed E-state index contributed by atoms with van der Waals surface area (Å²) in [6.07, 6.45) is 3.14. The van der Waals surface area contributed by atoms with Crippen molar-refractivity contribution in [1.29, 1.82) is 0 Å². The Morgan fingerprint density at radius 3 is 2.60 bits per heavy atom. The third-order valence-corrected chi connectivity index (χ3v) is 4.88. The molecule has 2 fully saturated rings. The number of hydrogen-bond donors (Lipinski definition) is 1. The molecule has 0 bridgehead atoms. The molecule has 0 radical (unpaired) electrons. The zero-order valence-corrected chi connectivity index (χ0v) is 10.4. The molecule has 1 aliphatic carbocycles. The molecule has 1 saturated carbocycles. The third-order valence-electron chi connectivity index (χ3n) is 2.84. The molecule has 15 heavy (non-hydrogen) atoms. The molecule has 0 amide bonds. The van der Waals surface area contributed by atoms with E-state index in [1.807, 2.05) is 0 Å². The molecule has 4 nitrogen and oxygen atoms in total. The molecule has 0 aromatic rings. The molecule has 1 aliphatic heterocycles. The predicted octanol–water partition coefficient (Wildman–Crippen LogP) is 0.443. The average Bonchev–Trinajstić information content (AvgIpc) is 2.88. The van der Waals surface area contributed by atoms with Gasteiger partial charge in [0.25, 0.3) is 0 Å². The summed E-state index contributed by atoms with van der Waals surface area (Å²) in [7, 11) is -2.95. The van der Waals surface area contributed by atoms with E-state index in [1.165, 1.54) is 0 Å². The number of halogens is 1. The van der Waals surface area contributed by atoms with Gasteiger partial charge in [-0.15, -0.1) is 12.4 Å². The van der Waals surface area contributed by atoms with Gasteiger partial charge >= 0.3 is 0 Å². The highest BCUT2D eigenvalue weighted by Crippen LogP contribution is 2.31. The predicted molar refractivity (Wildman–Crippen MR) is 62.8 cm³/mol. The SMILES string of the molecule is Cl.O=S(=O)(CC1CC1)N1CCCNCC1. The van der Waals surface area contributed by atoms with Crippen LogP contribution in [0.25, 0.3) is 0 Å². The van der Waals surface area contributed by atoms with Crippen LogP contribution < -0.4 is 5.32 Å². The molecule has 6 heteroatoms. The summed E-state index contributed by atoms with van der Waals surface area (Å²) in [6.45, 7) is 3.08. The van der Waals surface area contributed by atoms with Crippen molar-refractivity contribution in [3.63, 3.8) is 0 Å². The Bertz CT molecular complexity index is 282. The minimum absolute atomic E-state index is 0. The van der Waals surface area contributed by atoms with Gasteiger partial charge in [0.1, 0.15) is 0 Å². The second-order valence-electron chi connectivity index (χ2n) is 4.22. The van der Waals surface area contributed by atoms with Crippen LogP contribution in [0.2, 0.25) is 0 Å². The van der Waals surface area contributed by atoms with Gasteiger partial charge in [0, 0.05) is 19.6 Å². The van der Waals surface area contributed by atoms with Crippen LogP contribution in [0.1, 0.15) is 19.3 Å². The van der Waals surface area contributed by atoms with Crippen molar-refractivity contribution in [3.8, 4) is 0 Å². The minimum Gasteiger partial charge on any atom is -0.315 e. The van der Waals surface area contributed by atoms with Crippen LogP contribution in [0, 0.1) is 5.92 Å². The lowest BCUT2D eigenvalue weighted by Crippen LogP contribution is -2.36. The number of sulfonamides is 1. The lowest BCUT2D eigenvalue weighted by atomic mass is 10.4. The average molecular weight is 255 g/mol. The minimum atomic E-state index is -2.95. The zero-order chi connectivity index (χ0) is 10.0. The van der Waals surface area contributed by atoms with Crippen LogP contribution in [-0.2, 0) is 10.0 Å². The van der Waals surface area contributed by atoms with E-state index in [0.717, 1.165) is 32.4 Å². The van der Waals surface area contributed by atoms with Crippen molar-refractivity contribution < 1.29 is 8.42 Å². The molecular formula is C9H19ClN2O2S. The van der Waals surface area contributed by atoms with Gasteiger partial charge < -0.3 is 5.32 Å². The van der Waals surface area contributed by atoms with E-state index in [1.54, 1.807) is 4.31 Å². The van der Waals surface area contributed by atoms with Crippen molar-refractivity contribution in [1.82, 2.24) is 9.62 Å². The Balaban J connectivity index is 0.00000112. The van der Waals surface area contributed by atoms with E-state index in [2.05, 4.69) is 5.32 Å². The van der Waals surface area contributed by atoms with Gasteiger partial charge in [0.15, 0.2) is 0 Å². The molecule has 90 valence electrons. The van der Waals surface area contributed by atoms with Gasteiger partial charge in [0.2, 0.25) is 10.0 Å². The Kier molecular flexibility index (Phi) is 4.83. The summed E-state index contributed by atoms with van der Waals surface area (Å²) in [4.78, 5) is 0. The van der Waals surface area contributed by atoms with Crippen molar-refractivity contribution in [2.45, 2.75) is 19.3 Å². The lowest BCUT2D eigenvalue weighted by molar-refractivity contribution is 0.430. The van der Waals surface area contributed by atoms with Gasteiger partial charge in [-0.3, -0.25) is 0 Å². The van der Waals surface area contributed by atoms with Crippen LogP contribution in [0.4, 0.5) is 0 Å². The number of nitrogens with one attached hydrogen (secondary N) is 1. The Hall–Kier alpha value is 0.160. The maximum absolute atomic E-state index is 11.9. The molecule has 0 spiro atoms. The molecule has 2 aliphatic rings. The fourth-order valence-electron chi connectivity index (χ4n) is 1.79. The second-order valence-corrected chi connectivity index (χ2v) is 6.24. The van der Waals surface area contributed by atoms with Gasteiger partial charge in [0.05, 0.1) is 5.75 Å². The summed E-state index contributed by atoms with van der Waals surface area (Å²) >= 11 is 0. The lowest BCUT2D eigenvalue weighted by Gasteiger charge is -2.19. The first-order valence-electron chi connectivity index (χ1n) is 5.37. The highest BCUT2D eigenvalue weighted by atomic mass is 35.5. The Morgan fingerprint density at radius 2 is 1.93 bits per heavy atom. The molecule has 0 atom stereocenters. The summed E-state index contributed by atoms with van der Waals surface area (Å²) < 4.78 is 25.4. The summed E-state index contributed by atoms with van der Waals surface area (Å²) in [6, 6.07) is 0. The van der Waals surface area contributed by atoms with Gasteiger partial charge in [-0.05, 0) is 31.7 Å². The van der Waals surface area contributed by atoms with Gasteiger partial charge in [-0.2, -0.15) is 0 Å². The normalized spacial score (nSPS) is 24.3. The standard InChI is InChI=1S/C9H18N2O2S.ClH/c12-14(13,8-9-2-3-9)11-6-1-4-10-5-7-11;/h9-10H,1-8H2;1H. The summed E-state index contributed by atoms with van der Waals surface area (Å²) in [5.74, 6) is 0.837. The maximum Gasteiger partial charge on any atom is 0.214 e. The van der Waals surface area contributed by atoms with E-state index in [9.17, 15) is 8.42 Å². The van der Waals surface area contributed by atoms with Crippen LogP contribution in [0.15, 0.2) is 0 Å². The van der Waals surface area contributed by atoms with Crippen LogP contribution in [0.3, 0.4) is 0 Å². The van der Waals surface area contributed by atoms with E-state index in [0.29, 0.717) is 24.8 Å². The quantitative estimate of drug-likeness (QED) is 0.795. The molecule has 1 saturated heterocycles. The molecule has 1 N–H and O–H groups in total. The van der Waals surface area contributed by atoms with E-state index in [4.69, 9.17) is 0 Å². The second kappa shape index (κ2) is 5.48. The van der Waals surface area contributed by atoms with Crippen LogP contribution in [0.5, 0.6) is 0 Å². The molecule has 0 aromatic heterocycles. The van der Waals surface area contributed by atoms with Crippen LogP contribution in [-0.4, -0.2) is 44.7 Å². The highest BCUT2D eigenvalue weighted by Gasteiger charge is 2.31. The van der Waals surface area contributed by atoms with E-state index in [-0.39, 0.29) is 12.4 Å².